The van der Waals surface area contributed by atoms with E-state index in [1.165, 1.54) is 23.4 Å². The molecule has 1 N–H and O–H groups in total. The van der Waals surface area contributed by atoms with Crippen molar-refractivity contribution in [3.63, 3.8) is 0 Å². The molecule has 2 aliphatic rings. The molecule has 0 bridgehead atoms. The Morgan fingerprint density at radius 2 is 1.87 bits per heavy atom. The first-order chi connectivity index (χ1) is 14.2. The van der Waals surface area contributed by atoms with Crippen LogP contribution in [-0.2, 0) is 25.0 Å². The smallest absolute Gasteiger partial charge is 0.243 e. The molecule has 0 aromatic heterocycles. The lowest BCUT2D eigenvalue weighted by Gasteiger charge is -2.23. The van der Waals surface area contributed by atoms with Crippen molar-refractivity contribution in [3.8, 4) is 5.75 Å². The van der Waals surface area contributed by atoms with Gasteiger partial charge in [-0.05, 0) is 54.4 Å². The fourth-order valence-corrected chi connectivity index (χ4v) is 5.80. The van der Waals surface area contributed by atoms with Gasteiger partial charge < -0.3 is 15.0 Å². The van der Waals surface area contributed by atoms with E-state index in [0.717, 1.165) is 11.3 Å². The lowest BCUT2D eigenvalue weighted by atomic mass is 9.81. The minimum Gasteiger partial charge on any atom is -0.497 e. The number of nitrogens with zero attached hydrogens (tertiary/aromatic N) is 2. The van der Waals surface area contributed by atoms with Gasteiger partial charge in [-0.2, -0.15) is 4.31 Å². The molecule has 1 saturated heterocycles. The number of likely N-dealkylation sites (N-methyl/N-ethyl adjacent to an activating group) is 1. The van der Waals surface area contributed by atoms with Crippen molar-refractivity contribution in [2.45, 2.75) is 23.7 Å². The monoisotopic (exact) mass is 429 g/mol. The first-order valence-corrected chi connectivity index (χ1v) is 11.0. The Labute approximate surface area is 175 Å². The van der Waals surface area contributed by atoms with Crippen molar-refractivity contribution in [1.82, 2.24) is 4.31 Å². The van der Waals surface area contributed by atoms with Crippen LogP contribution >= 0.6 is 0 Å². The van der Waals surface area contributed by atoms with Crippen molar-refractivity contribution >= 4 is 33.2 Å². The Morgan fingerprint density at radius 1 is 1.17 bits per heavy atom. The topological polar surface area (TPSA) is 96.0 Å². The van der Waals surface area contributed by atoms with E-state index in [1.54, 1.807) is 37.3 Å². The molecule has 2 aromatic rings. The number of carbonyl (C=O) groups is 2. The molecule has 158 valence electrons. The highest BCUT2D eigenvalue weighted by Crippen LogP contribution is 2.48. The summed E-state index contributed by atoms with van der Waals surface area (Å²) in [7, 11) is -0.519. The minimum atomic E-state index is -3.79. The zero-order valence-corrected chi connectivity index (χ0v) is 17.8. The Kier molecular flexibility index (Phi) is 4.82. The van der Waals surface area contributed by atoms with Crippen LogP contribution in [0.15, 0.2) is 47.4 Å². The summed E-state index contributed by atoms with van der Waals surface area (Å²) in [5.74, 6) is 0.292. The number of amides is 2. The number of hydrogen-bond acceptors (Lipinski definition) is 5. The highest BCUT2D eigenvalue weighted by Gasteiger charge is 2.55. The van der Waals surface area contributed by atoms with Gasteiger partial charge in [-0.15, -0.1) is 0 Å². The minimum absolute atomic E-state index is 0.0755. The molecular formula is C21H23N3O5S. The second-order valence-electron chi connectivity index (χ2n) is 7.62. The Bertz CT molecular complexity index is 1130. The molecule has 1 atom stereocenters. The second kappa shape index (κ2) is 7.10. The molecule has 2 heterocycles. The highest BCUT2D eigenvalue weighted by molar-refractivity contribution is 7.89. The third-order valence-electron chi connectivity index (χ3n) is 5.84. The van der Waals surface area contributed by atoms with Crippen molar-refractivity contribution in [2.24, 2.45) is 0 Å². The van der Waals surface area contributed by atoms with Gasteiger partial charge in [-0.3, -0.25) is 9.59 Å². The van der Waals surface area contributed by atoms with Gasteiger partial charge >= 0.3 is 0 Å². The fraction of sp³-hybridized carbons (Fsp3) is 0.333. The van der Waals surface area contributed by atoms with Crippen LogP contribution in [-0.4, -0.2) is 51.8 Å². The Hall–Kier alpha value is -2.91. The van der Waals surface area contributed by atoms with Crippen LogP contribution in [0.3, 0.4) is 0 Å². The van der Waals surface area contributed by atoms with Crippen molar-refractivity contribution in [2.75, 3.05) is 37.5 Å². The maximum absolute atomic E-state index is 13.2. The molecule has 2 aromatic carbocycles. The van der Waals surface area contributed by atoms with Gasteiger partial charge in [-0.25, -0.2) is 8.42 Å². The molecular weight excluding hydrogens is 406 g/mol. The summed E-state index contributed by atoms with van der Waals surface area (Å²) in [4.78, 5) is 26.0. The predicted octanol–water partition coefficient (Wildman–Crippen LogP) is 1.96. The molecule has 1 spiro atoms. The molecule has 4 rings (SSSR count). The van der Waals surface area contributed by atoms with Gasteiger partial charge in [0, 0.05) is 38.4 Å². The van der Waals surface area contributed by atoms with Crippen LogP contribution in [0.1, 0.15) is 18.9 Å². The maximum atomic E-state index is 13.2. The largest absolute Gasteiger partial charge is 0.497 e. The van der Waals surface area contributed by atoms with Crippen molar-refractivity contribution in [3.05, 3.63) is 48.0 Å². The molecule has 30 heavy (non-hydrogen) atoms. The summed E-state index contributed by atoms with van der Waals surface area (Å²) in [5, 5.41) is 2.62. The van der Waals surface area contributed by atoms with E-state index in [4.69, 9.17) is 4.74 Å². The normalized spacial score (nSPS) is 21.2. The van der Waals surface area contributed by atoms with E-state index >= 15 is 0 Å². The van der Waals surface area contributed by atoms with Crippen molar-refractivity contribution < 1.29 is 22.7 Å². The van der Waals surface area contributed by atoms with Crippen molar-refractivity contribution in [1.29, 1.82) is 0 Å². The molecule has 0 radical (unpaired) electrons. The summed E-state index contributed by atoms with van der Waals surface area (Å²) in [6.45, 7) is 1.70. The lowest BCUT2D eigenvalue weighted by Crippen LogP contribution is -2.42. The van der Waals surface area contributed by atoms with Gasteiger partial charge in [-0.1, -0.05) is 0 Å². The molecule has 8 nitrogen and oxygen atoms in total. The fourth-order valence-electron chi connectivity index (χ4n) is 4.30. The van der Waals surface area contributed by atoms with Gasteiger partial charge in [0.2, 0.25) is 21.8 Å². The van der Waals surface area contributed by atoms with E-state index in [9.17, 15) is 18.0 Å². The number of carbonyl (C=O) groups excluding carboxylic acids is 2. The van der Waals surface area contributed by atoms with E-state index in [-0.39, 0.29) is 29.8 Å². The molecule has 0 aliphatic carbocycles. The van der Waals surface area contributed by atoms with Crippen LogP contribution in [0, 0.1) is 0 Å². The summed E-state index contributed by atoms with van der Waals surface area (Å²) in [6.07, 6.45) is 0.402. The predicted molar refractivity (Wildman–Crippen MR) is 112 cm³/mol. The first kappa shape index (κ1) is 20.4. The first-order valence-electron chi connectivity index (χ1n) is 9.53. The number of hydrogen-bond donors (Lipinski definition) is 1. The van der Waals surface area contributed by atoms with Crippen LogP contribution in [0.25, 0.3) is 0 Å². The van der Waals surface area contributed by atoms with Crippen LogP contribution in [0.4, 0.5) is 11.4 Å². The van der Waals surface area contributed by atoms with E-state index in [2.05, 4.69) is 5.32 Å². The molecule has 2 amide bonds. The summed E-state index contributed by atoms with van der Waals surface area (Å²) in [6, 6.07) is 11.5. The van der Waals surface area contributed by atoms with Gasteiger partial charge in [0.25, 0.3) is 0 Å². The number of methoxy groups -OCH3 is 1. The number of ether oxygens (including phenoxy) is 1. The third kappa shape index (κ3) is 3.05. The Balaban J connectivity index is 1.66. The lowest BCUT2D eigenvalue weighted by molar-refractivity contribution is -0.122. The van der Waals surface area contributed by atoms with Crippen LogP contribution in [0.2, 0.25) is 0 Å². The van der Waals surface area contributed by atoms with Gasteiger partial charge in [0.1, 0.15) is 5.75 Å². The summed E-state index contributed by atoms with van der Waals surface area (Å²) < 4.78 is 33.1. The molecule has 2 aliphatic heterocycles. The standard InChI is InChI=1S/C21H23N3O5S/c1-14(25)22-15-4-7-17(8-5-15)30(27,28)24-11-10-21(13-24)18-12-16(29-3)6-9-19(18)23(2)20(21)26/h4-9,12H,10-11,13H2,1-3H3,(H,22,25)/t21-/m1/s1. The summed E-state index contributed by atoms with van der Waals surface area (Å²) >= 11 is 0. The third-order valence-corrected chi connectivity index (χ3v) is 7.70. The van der Waals surface area contributed by atoms with E-state index in [1.807, 2.05) is 12.1 Å². The average Bonchev–Trinajstić information content (AvgIpc) is 3.26. The quantitative estimate of drug-likeness (QED) is 0.802. The second-order valence-corrected chi connectivity index (χ2v) is 9.56. The zero-order valence-electron chi connectivity index (χ0n) is 17.0. The molecule has 9 heteroatoms. The molecule has 1 fully saturated rings. The number of anilines is 2. The molecule has 0 saturated carbocycles. The zero-order chi connectivity index (χ0) is 21.7. The SMILES string of the molecule is COc1ccc2c(c1)[C@]1(CCN(S(=O)(=O)c3ccc(NC(C)=O)cc3)C1)C(=O)N2C. The van der Waals surface area contributed by atoms with Crippen LogP contribution in [0.5, 0.6) is 5.75 Å². The number of benzene rings is 2. The highest BCUT2D eigenvalue weighted by atomic mass is 32.2. The number of rotatable bonds is 4. The van der Waals surface area contributed by atoms with Crippen LogP contribution < -0.4 is 15.0 Å². The molecule has 0 unspecified atom stereocenters. The number of sulfonamides is 1. The average molecular weight is 429 g/mol. The number of fused-ring (bicyclic) bond motifs is 2. The van der Waals surface area contributed by atoms with E-state index in [0.29, 0.717) is 17.9 Å². The summed E-state index contributed by atoms with van der Waals surface area (Å²) in [5.41, 5.74) is 1.18. The Morgan fingerprint density at radius 3 is 2.50 bits per heavy atom. The number of nitrogens with one attached hydrogen (secondary N) is 1. The maximum Gasteiger partial charge on any atom is 0.243 e. The van der Waals surface area contributed by atoms with E-state index < -0.39 is 15.4 Å². The van der Waals surface area contributed by atoms with Gasteiger partial charge in [0.15, 0.2) is 0 Å². The van der Waals surface area contributed by atoms with Gasteiger partial charge in [0.05, 0.1) is 17.4 Å².